The van der Waals surface area contributed by atoms with E-state index in [4.69, 9.17) is 18.9 Å². The SMILES string of the molecule is CC(OCC#CC#CCOC(C)[C@H](NC(=O)[C@H](C)N(C)C(=O)OCC1c2ccccc2-c2ccccc21)C(=O)N1CCC[C@H]1Cn1nnnc1N(C)Cc1ccccc1)[C@H](NC(=O)[C@H](C)N(C)C(=O)OCC1c2ccccc2-c2ccccc21)C(=O)N1CCC[C@H]1Cn1nnnc1N(C)Cc1ccccc1. The van der Waals surface area contributed by atoms with Crippen LogP contribution in [-0.2, 0) is 64.3 Å². The molecule has 106 heavy (non-hydrogen) atoms. The van der Waals surface area contributed by atoms with Gasteiger partial charge in [-0.05, 0) is 142 Å². The van der Waals surface area contributed by atoms with Crippen LogP contribution in [0.25, 0.3) is 22.3 Å². The lowest BCUT2D eigenvalue weighted by Crippen LogP contribution is -2.58. The van der Waals surface area contributed by atoms with Crippen molar-refractivity contribution in [2.24, 2.45) is 0 Å². The molecule has 4 aliphatic rings. The molecule has 6 amide bonds. The predicted molar refractivity (Wildman–Crippen MR) is 397 cm³/mol. The number of aromatic nitrogens is 8. The number of hydrogen-bond donors (Lipinski definition) is 2. The van der Waals surface area contributed by atoms with Gasteiger partial charge in [0.15, 0.2) is 0 Å². The molecule has 12 rings (SSSR count). The van der Waals surface area contributed by atoms with Gasteiger partial charge in [0, 0.05) is 66.2 Å². The number of carbonyl (C=O) groups is 6. The molecule has 0 saturated carbocycles. The molecule has 8 atom stereocenters. The predicted octanol–water partition coefficient (Wildman–Crippen LogP) is 7.94. The summed E-state index contributed by atoms with van der Waals surface area (Å²) in [5, 5.41) is 31.2. The number of amides is 6. The standard InChI is InChI=1S/C80H90N16O10/c1-53(91(7)79(101)105-51-69-65-39-21-17-35-61(65)62-36-18-22-40-66(62)69)73(97)81-71(75(99)93-43-27-33-59(93)49-95-77(83-85-87-95)89(5)47-57-29-13-11-14-30-57)55(3)103-45-25-9-10-26-46-104-56(4)72(76(100)94-44-28-34-60(94)50-96-78(84-86-88-96)90(6)48-58-31-15-12-16-32-58)82-74(98)54(2)92(8)80(102)106-52-70-67-41-23-19-37-63(67)64-38-20-24-42-68(64)70/h11-24,29-32,35-42,53-56,59-60,69-72H,27-28,33-34,43-52H2,1-8H3,(H,81,97)(H,82,98)/t53-,54-,55?,56?,59-,60-,71-,72-/m0/s1. The van der Waals surface area contributed by atoms with Gasteiger partial charge < -0.3 is 49.2 Å². The zero-order chi connectivity index (χ0) is 74.4. The average Bonchev–Trinajstić information content (AvgIpc) is 1.62. The van der Waals surface area contributed by atoms with Gasteiger partial charge in [-0.25, -0.2) is 19.0 Å². The van der Waals surface area contributed by atoms with Crippen molar-refractivity contribution >= 4 is 47.7 Å². The van der Waals surface area contributed by atoms with Crippen molar-refractivity contribution in [1.82, 2.24) is 70.6 Å². The molecule has 6 aromatic carbocycles. The summed E-state index contributed by atoms with van der Waals surface area (Å²) in [6.45, 7) is 8.60. The highest BCUT2D eigenvalue weighted by Crippen LogP contribution is 2.46. The molecule has 2 aromatic heterocycles. The Hall–Kier alpha value is -11.5. The molecule has 2 fully saturated rings. The third-order valence-electron chi connectivity index (χ3n) is 20.6. The summed E-state index contributed by atoms with van der Waals surface area (Å²) >= 11 is 0. The van der Waals surface area contributed by atoms with Crippen molar-refractivity contribution in [1.29, 1.82) is 0 Å². The van der Waals surface area contributed by atoms with Crippen LogP contribution in [0.4, 0.5) is 21.5 Å². The Bertz CT molecular complexity index is 4180. The van der Waals surface area contributed by atoms with Crippen LogP contribution in [0.3, 0.4) is 0 Å². The number of hydrogen-bond acceptors (Lipinski definition) is 18. The molecule has 0 bridgehead atoms. The topological polar surface area (TPSA) is 270 Å². The van der Waals surface area contributed by atoms with Crippen LogP contribution in [0.5, 0.6) is 0 Å². The third-order valence-corrected chi connectivity index (χ3v) is 20.6. The largest absolute Gasteiger partial charge is 0.448 e. The lowest BCUT2D eigenvalue weighted by Gasteiger charge is -2.33. The fourth-order valence-corrected chi connectivity index (χ4v) is 14.5. The monoisotopic (exact) mass is 1430 g/mol. The first-order valence-electron chi connectivity index (χ1n) is 36.0. The summed E-state index contributed by atoms with van der Waals surface area (Å²) in [6.07, 6.45) is -0.676. The van der Waals surface area contributed by atoms with Crippen molar-refractivity contribution in [2.45, 2.75) is 140 Å². The first kappa shape index (κ1) is 74.2. The third kappa shape index (κ3) is 17.0. The minimum Gasteiger partial charge on any atom is -0.448 e. The normalized spacial score (nSPS) is 16.6. The number of tetrazole rings is 2. The van der Waals surface area contributed by atoms with Gasteiger partial charge >= 0.3 is 12.2 Å². The van der Waals surface area contributed by atoms with Gasteiger partial charge in [0.05, 0.1) is 37.4 Å². The molecular weight excluding hydrogens is 1340 g/mol. The molecular formula is C80H90N16O10. The van der Waals surface area contributed by atoms with E-state index >= 15 is 9.59 Å². The van der Waals surface area contributed by atoms with E-state index in [1.807, 2.05) is 157 Å². The first-order valence-corrected chi connectivity index (χ1v) is 36.0. The second-order valence-corrected chi connectivity index (χ2v) is 27.5. The van der Waals surface area contributed by atoms with E-state index in [9.17, 15) is 19.2 Å². The van der Waals surface area contributed by atoms with Crippen LogP contribution in [-0.4, -0.2) is 212 Å². The molecule has 550 valence electrons. The van der Waals surface area contributed by atoms with E-state index in [0.29, 0.717) is 63.8 Å². The van der Waals surface area contributed by atoms with E-state index in [1.165, 1.54) is 23.9 Å². The number of fused-ring (bicyclic) bond motifs is 6. The smallest absolute Gasteiger partial charge is 0.410 e. The molecule has 0 radical (unpaired) electrons. The van der Waals surface area contributed by atoms with E-state index in [2.05, 4.69) is 89.6 Å². The Kier molecular flexibility index (Phi) is 24.1. The van der Waals surface area contributed by atoms with Crippen molar-refractivity contribution in [3.05, 3.63) is 191 Å². The van der Waals surface area contributed by atoms with Crippen LogP contribution < -0.4 is 20.4 Å². The molecule has 26 heteroatoms. The van der Waals surface area contributed by atoms with Gasteiger partial charge in [-0.15, -0.1) is 0 Å². The minimum atomic E-state index is -1.24. The molecule has 2 unspecified atom stereocenters. The van der Waals surface area contributed by atoms with E-state index < -0.39 is 72.2 Å². The Labute approximate surface area is 617 Å². The van der Waals surface area contributed by atoms with Crippen molar-refractivity contribution in [3.8, 4) is 45.9 Å². The van der Waals surface area contributed by atoms with Crippen LogP contribution in [0.1, 0.15) is 98.6 Å². The summed E-state index contributed by atoms with van der Waals surface area (Å²) in [6, 6.07) is 46.6. The number of anilines is 2. The molecule has 4 heterocycles. The number of rotatable bonds is 28. The van der Waals surface area contributed by atoms with Gasteiger partial charge in [-0.1, -0.05) is 180 Å². The van der Waals surface area contributed by atoms with Gasteiger partial charge in [0.25, 0.3) is 0 Å². The summed E-state index contributed by atoms with van der Waals surface area (Å²) in [7, 11) is 6.77. The maximum atomic E-state index is 15.1. The number of ether oxygens (including phenoxy) is 4. The number of likely N-dealkylation sites (tertiary alicyclic amines) is 2. The summed E-state index contributed by atoms with van der Waals surface area (Å²) in [5.74, 6) is 9.98. The molecule has 0 spiro atoms. The maximum absolute atomic E-state index is 15.1. The second-order valence-electron chi connectivity index (χ2n) is 27.5. The molecule has 2 N–H and O–H groups in total. The minimum absolute atomic E-state index is 0.0480. The number of carbonyl (C=O) groups excluding carboxylic acids is 6. The maximum Gasteiger partial charge on any atom is 0.410 e. The Morgan fingerprint density at radius 2 is 0.821 bits per heavy atom. The van der Waals surface area contributed by atoms with Crippen molar-refractivity contribution < 1.29 is 47.7 Å². The highest BCUT2D eigenvalue weighted by atomic mass is 16.6. The number of likely N-dealkylation sites (N-methyl/N-ethyl adjacent to an activating group) is 2. The van der Waals surface area contributed by atoms with Crippen molar-refractivity contribution in [2.75, 3.05) is 77.5 Å². The number of nitrogens with one attached hydrogen (secondary N) is 2. The van der Waals surface area contributed by atoms with Crippen LogP contribution in [0, 0.1) is 23.7 Å². The van der Waals surface area contributed by atoms with Crippen LogP contribution >= 0.6 is 0 Å². The molecule has 2 aliphatic carbocycles. The number of benzene rings is 6. The highest BCUT2D eigenvalue weighted by molar-refractivity contribution is 5.93. The Balaban J connectivity index is 0.705. The molecule has 2 aliphatic heterocycles. The highest BCUT2D eigenvalue weighted by Gasteiger charge is 2.42. The average molecular weight is 1440 g/mol. The lowest BCUT2D eigenvalue weighted by molar-refractivity contribution is -0.142. The quantitative estimate of drug-likeness (QED) is 0.0440. The fourth-order valence-electron chi connectivity index (χ4n) is 14.5. The zero-order valence-electron chi connectivity index (χ0n) is 61.0. The van der Waals surface area contributed by atoms with Crippen molar-refractivity contribution in [3.63, 3.8) is 0 Å². The molecule has 8 aromatic rings. The van der Waals surface area contributed by atoms with Gasteiger partial charge in [0.2, 0.25) is 35.5 Å². The summed E-state index contributed by atoms with van der Waals surface area (Å²) in [5.41, 5.74) is 10.6. The van der Waals surface area contributed by atoms with E-state index in [1.54, 1.807) is 46.9 Å². The summed E-state index contributed by atoms with van der Waals surface area (Å²) < 4.78 is 27.7. The summed E-state index contributed by atoms with van der Waals surface area (Å²) in [4.78, 5) is 96.5. The molecule has 26 nitrogen and oxygen atoms in total. The fraction of sp³-hybridized carbons (Fsp3) is 0.400. The molecule has 2 saturated heterocycles. The number of nitrogens with zero attached hydrogens (tertiary/aromatic N) is 14. The first-order chi connectivity index (χ1) is 51.4. The van der Waals surface area contributed by atoms with Gasteiger partial charge in [0.1, 0.15) is 50.6 Å². The zero-order valence-corrected chi connectivity index (χ0v) is 61.0. The second kappa shape index (κ2) is 34.4. The van der Waals surface area contributed by atoms with Crippen LogP contribution in [0.2, 0.25) is 0 Å². The van der Waals surface area contributed by atoms with E-state index in [0.717, 1.165) is 55.6 Å². The van der Waals surface area contributed by atoms with Crippen LogP contribution in [0.15, 0.2) is 158 Å². The lowest BCUT2D eigenvalue weighted by atomic mass is 9.98. The van der Waals surface area contributed by atoms with Gasteiger partial charge in [-0.2, -0.15) is 0 Å². The van der Waals surface area contributed by atoms with Gasteiger partial charge in [-0.3, -0.25) is 29.0 Å². The Morgan fingerprint density at radius 1 is 0.481 bits per heavy atom. The Morgan fingerprint density at radius 3 is 1.18 bits per heavy atom. The van der Waals surface area contributed by atoms with E-state index in [-0.39, 0.29) is 63.4 Å².